The predicted molar refractivity (Wildman–Crippen MR) is 83.3 cm³/mol. The fourth-order valence-electron chi connectivity index (χ4n) is 2.76. The van der Waals surface area contributed by atoms with Gasteiger partial charge in [0.05, 0.1) is 18.7 Å². The molecule has 0 aromatic heterocycles. The van der Waals surface area contributed by atoms with Crippen molar-refractivity contribution in [2.45, 2.75) is 34.6 Å². The maximum absolute atomic E-state index is 12.4. The second-order valence-corrected chi connectivity index (χ2v) is 5.74. The highest BCUT2D eigenvalue weighted by molar-refractivity contribution is 5.93. The lowest BCUT2D eigenvalue weighted by Crippen LogP contribution is -2.29. The Labute approximate surface area is 131 Å². The van der Waals surface area contributed by atoms with Crippen molar-refractivity contribution < 1.29 is 19.1 Å². The first-order valence-corrected chi connectivity index (χ1v) is 7.50. The van der Waals surface area contributed by atoms with Crippen LogP contribution in [0.2, 0.25) is 0 Å². The Bertz CT molecular complexity index is 593. The van der Waals surface area contributed by atoms with Crippen LogP contribution in [0, 0.1) is 34.6 Å². The van der Waals surface area contributed by atoms with Crippen LogP contribution in [0.5, 0.6) is 0 Å². The Morgan fingerprint density at radius 2 is 1.59 bits per heavy atom. The quantitative estimate of drug-likeness (QED) is 0.803. The maximum atomic E-state index is 12.4. The van der Waals surface area contributed by atoms with Gasteiger partial charge in [-0.05, 0) is 62.4 Å². The first-order valence-electron chi connectivity index (χ1n) is 7.50. The molecule has 1 amide bonds. The lowest BCUT2D eigenvalue weighted by Gasteiger charge is -2.18. The normalized spacial score (nSPS) is 14.2. The van der Waals surface area contributed by atoms with Crippen molar-refractivity contribution in [2.24, 2.45) is 0 Å². The third-order valence-electron chi connectivity index (χ3n) is 4.64. The maximum Gasteiger partial charge on any atom is 0.410 e. The van der Waals surface area contributed by atoms with Gasteiger partial charge in [-0.15, -0.1) is 0 Å². The van der Waals surface area contributed by atoms with Crippen LogP contribution in [0.1, 0.15) is 38.2 Å². The first kappa shape index (κ1) is 16.3. The molecule has 0 spiro atoms. The Hall–Kier alpha value is -2.04. The first-order chi connectivity index (χ1) is 10.3. The van der Waals surface area contributed by atoms with E-state index in [4.69, 9.17) is 9.47 Å². The summed E-state index contributed by atoms with van der Waals surface area (Å²) in [7, 11) is 0. The van der Waals surface area contributed by atoms with Crippen LogP contribution in [0.4, 0.5) is 4.79 Å². The largest absolute Gasteiger partial charge is 0.460 e. The van der Waals surface area contributed by atoms with Crippen LogP contribution >= 0.6 is 0 Å². The smallest absolute Gasteiger partial charge is 0.410 e. The van der Waals surface area contributed by atoms with Crippen LogP contribution in [-0.4, -0.2) is 43.3 Å². The van der Waals surface area contributed by atoms with Crippen LogP contribution in [-0.2, 0) is 9.47 Å². The molecule has 1 aromatic rings. The SMILES string of the molecule is Cc1c(C)c(C)c(C(=O)OCCN2CCOC2=O)c(C)c1C. The van der Waals surface area contributed by atoms with E-state index in [1.807, 2.05) is 27.7 Å². The van der Waals surface area contributed by atoms with Crippen molar-refractivity contribution >= 4 is 12.1 Å². The number of esters is 1. The molecule has 120 valence electrons. The van der Waals surface area contributed by atoms with Crippen LogP contribution in [0.25, 0.3) is 0 Å². The van der Waals surface area contributed by atoms with Gasteiger partial charge in [-0.2, -0.15) is 0 Å². The van der Waals surface area contributed by atoms with Gasteiger partial charge >= 0.3 is 12.1 Å². The average molecular weight is 305 g/mol. The monoisotopic (exact) mass is 305 g/mol. The van der Waals surface area contributed by atoms with Gasteiger partial charge < -0.3 is 14.4 Å². The molecule has 0 aliphatic carbocycles. The third-order valence-corrected chi connectivity index (χ3v) is 4.64. The van der Waals surface area contributed by atoms with Gasteiger partial charge in [-0.3, -0.25) is 0 Å². The van der Waals surface area contributed by atoms with Gasteiger partial charge in [0, 0.05) is 0 Å². The number of hydrogen-bond acceptors (Lipinski definition) is 4. The zero-order chi connectivity index (χ0) is 16.4. The number of cyclic esters (lactones) is 1. The van der Waals surface area contributed by atoms with E-state index < -0.39 is 0 Å². The minimum atomic E-state index is -0.342. The minimum Gasteiger partial charge on any atom is -0.460 e. The third kappa shape index (κ3) is 2.93. The molecule has 1 aliphatic rings. The van der Waals surface area contributed by atoms with Crippen molar-refractivity contribution in [3.63, 3.8) is 0 Å². The highest BCUT2D eigenvalue weighted by Crippen LogP contribution is 2.26. The highest BCUT2D eigenvalue weighted by atomic mass is 16.6. The zero-order valence-electron chi connectivity index (χ0n) is 13.9. The molecule has 0 radical (unpaired) electrons. The van der Waals surface area contributed by atoms with E-state index in [0.29, 0.717) is 25.3 Å². The molecule has 0 unspecified atom stereocenters. The Morgan fingerprint density at radius 3 is 2.09 bits per heavy atom. The molecule has 1 aromatic carbocycles. The van der Waals surface area contributed by atoms with Gasteiger partial charge in [-0.1, -0.05) is 0 Å². The molecule has 0 saturated carbocycles. The zero-order valence-corrected chi connectivity index (χ0v) is 13.9. The second kappa shape index (κ2) is 6.38. The molecule has 22 heavy (non-hydrogen) atoms. The number of hydrogen-bond donors (Lipinski definition) is 0. The van der Waals surface area contributed by atoms with Crippen molar-refractivity contribution in [3.8, 4) is 0 Å². The number of ether oxygens (including phenoxy) is 2. The molecule has 0 bridgehead atoms. The lowest BCUT2D eigenvalue weighted by atomic mass is 9.90. The van der Waals surface area contributed by atoms with E-state index in [1.54, 1.807) is 4.90 Å². The van der Waals surface area contributed by atoms with E-state index in [0.717, 1.165) is 22.3 Å². The summed E-state index contributed by atoms with van der Waals surface area (Å²) in [6.45, 7) is 11.5. The molecule has 2 rings (SSSR count). The summed E-state index contributed by atoms with van der Waals surface area (Å²) in [6, 6.07) is 0. The minimum absolute atomic E-state index is 0.179. The van der Waals surface area contributed by atoms with Gasteiger partial charge in [0.1, 0.15) is 13.2 Å². The summed E-state index contributed by atoms with van der Waals surface area (Å²) in [6.07, 6.45) is -0.342. The number of benzene rings is 1. The van der Waals surface area contributed by atoms with Crippen molar-refractivity contribution in [1.82, 2.24) is 4.90 Å². The molecular weight excluding hydrogens is 282 g/mol. The Kier molecular flexibility index (Phi) is 4.74. The van der Waals surface area contributed by atoms with E-state index in [1.165, 1.54) is 5.56 Å². The number of rotatable bonds is 4. The number of nitrogens with zero attached hydrogens (tertiary/aromatic N) is 1. The summed E-state index contributed by atoms with van der Waals surface area (Å²) in [4.78, 5) is 25.3. The molecule has 5 nitrogen and oxygen atoms in total. The Morgan fingerprint density at radius 1 is 1.05 bits per heavy atom. The molecule has 0 N–H and O–H groups in total. The standard InChI is InChI=1S/C17H23NO4/c1-10-11(2)13(4)15(14(5)12(10)3)16(19)21-8-6-18-7-9-22-17(18)20/h6-9H2,1-5H3. The average Bonchev–Trinajstić information content (AvgIpc) is 2.89. The summed E-state index contributed by atoms with van der Waals surface area (Å²) < 4.78 is 10.2. The molecule has 5 heteroatoms. The number of carbonyl (C=O) groups excluding carboxylic acids is 2. The van der Waals surface area contributed by atoms with Gasteiger partial charge in [0.15, 0.2) is 0 Å². The summed E-state index contributed by atoms with van der Waals surface area (Å²) in [5.41, 5.74) is 6.03. The van der Waals surface area contributed by atoms with Crippen LogP contribution < -0.4 is 0 Å². The molecule has 0 atom stereocenters. The predicted octanol–water partition coefficient (Wildman–Crippen LogP) is 2.84. The van der Waals surface area contributed by atoms with Crippen molar-refractivity contribution in [3.05, 3.63) is 33.4 Å². The lowest BCUT2D eigenvalue weighted by molar-refractivity contribution is 0.0475. The van der Waals surface area contributed by atoms with E-state index >= 15 is 0 Å². The molecule has 1 heterocycles. The van der Waals surface area contributed by atoms with E-state index in [2.05, 4.69) is 6.92 Å². The van der Waals surface area contributed by atoms with Crippen molar-refractivity contribution in [1.29, 1.82) is 0 Å². The van der Waals surface area contributed by atoms with E-state index in [9.17, 15) is 9.59 Å². The highest BCUT2D eigenvalue weighted by Gasteiger charge is 2.23. The second-order valence-electron chi connectivity index (χ2n) is 5.74. The topological polar surface area (TPSA) is 55.8 Å². The molecule has 1 saturated heterocycles. The van der Waals surface area contributed by atoms with Crippen LogP contribution in [0.15, 0.2) is 0 Å². The summed E-state index contributed by atoms with van der Waals surface area (Å²) in [5.74, 6) is -0.325. The molecule has 1 fully saturated rings. The van der Waals surface area contributed by atoms with E-state index in [-0.39, 0.29) is 18.7 Å². The van der Waals surface area contributed by atoms with Crippen molar-refractivity contribution in [2.75, 3.05) is 26.3 Å². The summed E-state index contributed by atoms with van der Waals surface area (Å²) >= 11 is 0. The fourth-order valence-corrected chi connectivity index (χ4v) is 2.76. The fraction of sp³-hybridized carbons (Fsp3) is 0.529. The van der Waals surface area contributed by atoms with Crippen LogP contribution in [0.3, 0.4) is 0 Å². The van der Waals surface area contributed by atoms with Gasteiger partial charge in [0.2, 0.25) is 0 Å². The molecule has 1 aliphatic heterocycles. The van der Waals surface area contributed by atoms with Gasteiger partial charge in [0.25, 0.3) is 0 Å². The number of carbonyl (C=O) groups is 2. The number of amides is 1. The summed E-state index contributed by atoms with van der Waals surface area (Å²) in [5, 5.41) is 0. The van der Waals surface area contributed by atoms with Gasteiger partial charge in [-0.25, -0.2) is 9.59 Å². The molecular formula is C17H23NO4. The Balaban J connectivity index is 2.08.